The van der Waals surface area contributed by atoms with Crippen LogP contribution in [0, 0.1) is 0 Å². The van der Waals surface area contributed by atoms with Crippen LogP contribution in [0.15, 0.2) is 176 Å². The topological polar surface area (TPSA) is 4.93 Å². The normalized spacial score (nSPS) is 15.4. The molecule has 2 heterocycles. The SMILES string of the molecule is c1ccc(-c2ccc([Si]3(c4ccccc4)c4ccccc4-n4c5cccc(-c6ccccc6)c5c5cccc3c54)cc2)cc1. The van der Waals surface area contributed by atoms with Gasteiger partial charge in [0, 0.05) is 16.5 Å². The van der Waals surface area contributed by atoms with Crippen molar-refractivity contribution < 1.29 is 0 Å². The zero-order chi connectivity index (χ0) is 29.1. The highest BCUT2D eigenvalue weighted by atomic mass is 28.3. The lowest BCUT2D eigenvalue weighted by molar-refractivity contribution is 1.19. The molecule has 0 saturated carbocycles. The summed E-state index contributed by atoms with van der Waals surface area (Å²) in [6.07, 6.45) is 0. The van der Waals surface area contributed by atoms with Gasteiger partial charge in [0.1, 0.15) is 0 Å². The highest BCUT2D eigenvalue weighted by Crippen LogP contribution is 2.40. The second kappa shape index (κ2) is 9.80. The average Bonchev–Trinajstić information content (AvgIpc) is 3.46. The van der Waals surface area contributed by atoms with Crippen molar-refractivity contribution in [2.45, 2.75) is 0 Å². The summed E-state index contributed by atoms with van der Waals surface area (Å²) in [5.41, 5.74) is 8.91. The number of para-hydroxylation sites is 2. The van der Waals surface area contributed by atoms with Gasteiger partial charge in [0.2, 0.25) is 0 Å². The quantitative estimate of drug-likeness (QED) is 0.189. The molecule has 0 N–H and O–H groups in total. The summed E-state index contributed by atoms with van der Waals surface area (Å²) >= 11 is 0. The van der Waals surface area contributed by atoms with E-state index in [2.05, 4.69) is 180 Å². The Labute approximate surface area is 258 Å². The van der Waals surface area contributed by atoms with Crippen molar-refractivity contribution in [2.24, 2.45) is 0 Å². The first-order valence-electron chi connectivity index (χ1n) is 15.3. The van der Waals surface area contributed by atoms with Crippen LogP contribution in [0.5, 0.6) is 0 Å². The molecular formula is C42H29NSi. The van der Waals surface area contributed by atoms with Crippen LogP contribution in [0.3, 0.4) is 0 Å². The lowest BCUT2D eigenvalue weighted by atomic mass is 9.99. The fraction of sp³-hybridized carbons (Fsp3) is 0. The zero-order valence-electron chi connectivity index (χ0n) is 24.2. The third-order valence-electron chi connectivity index (χ3n) is 9.48. The molecule has 0 bridgehead atoms. The van der Waals surface area contributed by atoms with E-state index in [1.165, 1.54) is 70.5 Å². The van der Waals surface area contributed by atoms with Crippen molar-refractivity contribution >= 4 is 50.6 Å². The number of nitrogens with zero attached hydrogens (tertiary/aromatic N) is 1. The molecule has 8 aromatic rings. The van der Waals surface area contributed by atoms with Gasteiger partial charge < -0.3 is 4.57 Å². The summed E-state index contributed by atoms with van der Waals surface area (Å²) < 4.78 is 2.55. The molecule has 206 valence electrons. The Morgan fingerprint density at radius 1 is 0.386 bits per heavy atom. The van der Waals surface area contributed by atoms with Crippen molar-refractivity contribution in [1.82, 2.24) is 4.57 Å². The Balaban J connectivity index is 1.43. The van der Waals surface area contributed by atoms with Crippen LogP contribution in [0.2, 0.25) is 0 Å². The standard InChI is InChI=1S/C42H29NSi/c1-4-14-30(15-5-1)31-26-28-34(29-27-31)44(33-18-8-3-9-19-33)39-24-11-10-22-37(39)43-38-23-12-20-35(32-16-6-2-7-17-32)41(38)36-21-13-25-40(44)42(36)43/h1-29H. The van der Waals surface area contributed by atoms with Crippen molar-refractivity contribution in [2.75, 3.05) is 0 Å². The van der Waals surface area contributed by atoms with Crippen LogP contribution in [-0.4, -0.2) is 12.6 Å². The maximum atomic E-state index is 2.55. The van der Waals surface area contributed by atoms with Crippen molar-refractivity contribution in [1.29, 1.82) is 0 Å². The number of aromatic nitrogens is 1. The third kappa shape index (κ3) is 3.46. The van der Waals surface area contributed by atoms with Gasteiger partial charge in [-0.15, -0.1) is 0 Å². The summed E-state index contributed by atoms with van der Waals surface area (Å²) in [5, 5.41) is 8.34. The largest absolute Gasteiger partial charge is 0.309 e. The maximum absolute atomic E-state index is 2.71. The summed E-state index contributed by atoms with van der Waals surface area (Å²) in [6.45, 7) is 0. The second-order valence-corrected chi connectivity index (χ2v) is 15.4. The first kappa shape index (κ1) is 25.1. The molecule has 1 atom stereocenters. The van der Waals surface area contributed by atoms with Gasteiger partial charge in [-0.05, 0) is 55.1 Å². The minimum Gasteiger partial charge on any atom is -0.309 e. The molecule has 1 unspecified atom stereocenters. The molecule has 0 aliphatic carbocycles. The molecule has 0 saturated heterocycles. The van der Waals surface area contributed by atoms with Crippen LogP contribution in [0.4, 0.5) is 0 Å². The maximum Gasteiger partial charge on any atom is 0.184 e. The molecule has 0 radical (unpaired) electrons. The highest BCUT2D eigenvalue weighted by molar-refractivity contribution is 7.21. The summed E-state index contributed by atoms with van der Waals surface area (Å²) in [4.78, 5) is 0. The van der Waals surface area contributed by atoms with E-state index in [-0.39, 0.29) is 0 Å². The Kier molecular flexibility index (Phi) is 5.59. The molecule has 7 aromatic carbocycles. The van der Waals surface area contributed by atoms with Gasteiger partial charge in [0.05, 0.1) is 11.0 Å². The highest BCUT2D eigenvalue weighted by Gasteiger charge is 2.47. The predicted molar refractivity (Wildman–Crippen MR) is 189 cm³/mol. The van der Waals surface area contributed by atoms with E-state index in [0.717, 1.165) is 0 Å². The molecule has 9 rings (SSSR count). The summed E-state index contributed by atoms with van der Waals surface area (Å²) in [5.74, 6) is 0. The molecule has 0 amide bonds. The van der Waals surface area contributed by atoms with Gasteiger partial charge in [-0.3, -0.25) is 0 Å². The lowest BCUT2D eigenvalue weighted by Crippen LogP contribution is -2.76. The van der Waals surface area contributed by atoms with Crippen LogP contribution < -0.4 is 20.7 Å². The first-order chi connectivity index (χ1) is 21.9. The molecule has 0 spiro atoms. The Hall–Kier alpha value is -5.44. The number of rotatable bonds is 4. The minimum absolute atomic E-state index is 1.24. The molecule has 2 heteroatoms. The second-order valence-electron chi connectivity index (χ2n) is 11.7. The Morgan fingerprint density at radius 2 is 0.955 bits per heavy atom. The van der Waals surface area contributed by atoms with E-state index >= 15 is 0 Å². The van der Waals surface area contributed by atoms with Crippen LogP contribution in [0.25, 0.3) is 49.7 Å². The van der Waals surface area contributed by atoms with E-state index in [9.17, 15) is 0 Å². The number of benzene rings is 7. The number of hydrogen-bond donors (Lipinski definition) is 0. The molecule has 44 heavy (non-hydrogen) atoms. The summed E-state index contributed by atoms with van der Waals surface area (Å²) in [6, 6.07) is 65.3. The van der Waals surface area contributed by atoms with E-state index in [4.69, 9.17) is 0 Å². The van der Waals surface area contributed by atoms with Crippen molar-refractivity contribution in [3.8, 4) is 27.9 Å². The molecule has 1 aliphatic rings. The van der Waals surface area contributed by atoms with E-state index in [1.807, 2.05) is 0 Å². The predicted octanol–water partition coefficient (Wildman–Crippen LogP) is 7.81. The van der Waals surface area contributed by atoms with E-state index in [0.29, 0.717) is 0 Å². The van der Waals surface area contributed by atoms with E-state index < -0.39 is 8.07 Å². The number of hydrogen-bond acceptors (Lipinski definition) is 0. The Bertz CT molecular complexity index is 2300. The van der Waals surface area contributed by atoms with E-state index in [1.54, 1.807) is 0 Å². The van der Waals surface area contributed by atoms with Crippen molar-refractivity contribution in [3.05, 3.63) is 176 Å². The molecule has 0 fully saturated rings. The van der Waals surface area contributed by atoms with Crippen LogP contribution in [0.1, 0.15) is 0 Å². The van der Waals surface area contributed by atoms with Gasteiger partial charge in [0.25, 0.3) is 0 Å². The zero-order valence-corrected chi connectivity index (χ0v) is 25.2. The van der Waals surface area contributed by atoms with Gasteiger partial charge in [-0.25, -0.2) is 0 Å². The van der Waals surface area contributed by atoms with Gasteiger partial charge in [-0.1, -0.05) is 164 Å². The smallest absolute Gasteiger partial charge is 0.184 e. The first-order valence-corrected chi connectivity index (χ1v) is 17.3. The fourth-order valence-electron chi connectivity index (χ4n) is 7.68. The van der Waals surface area contributed by atoms with Gasteiger partial charge in [-0.2, -0.15) is 0 Å². The fourth-order valence-corrected chi connectivity index (χ4v) is 12.8. The monoisotopic (exact) mass is 575 g/mol. The van der Waals surface area contributed by atoms with Gasteiger partial charge in [0.15, 0.2) is 8.07 Å². The Morgan fingerprint density at radius 3 is 1.70 bits per heavy atom. The number of fused-ring (bicyclic) bond motifs is 5. The van der Waals surface area contributed by atoms with Crippen LogP contribution in [-0.2, 0) is 0 Å². The molecule has 1 aliphatic heterocycles. The van der Waals surface area contributed by atoms with Gasteiger partial charge >= 0.3 is 0 Å². The summed E-state index contributed by atoms with van der Waals surface area (Å²) in [7, 11) is -2.71. The van der Waals surface area contributed by atoms with Crippen molar-refractivity contribution in [3.63, 3.8) is 0 Å². The third-order valence-corrected chi connectivity index (χ3v) is 14.3. The molecule has 1 nitrogen and oxygen atoms in total. The molecule has 1 aromatic heterocycles. The molecular weight excluding hydrogens is 547 g/mol. The average molecular weight is 576 g/mol. The van der Waals surface area contributed by atoms with Crippen LogP contribution >= 0.6 is 0 Å². The lowest BCUT2D eigenvalue weighted by Gasteiger charge is -2.39. The minimum atomic E-state index is -2.71.